The minimum Gasteiger partial charge on any atom is -0.348 e. The van der Waals surface area contributed by atoms with E-state index in [1.165, 1.54) is 0 Å². The van der Waals surface area contributed by atoms with Crippen LogP contribution >= 0.6 is 0 Å². The van der Waals surface area contributed by atoms with E-state index in [1.807, 2.05) is 0 Å². The second kappa shape index (κ2) is 4.44. The average molecular weight is 254 g/mol. The number of hydrogen-bond donors (Lipinski definition) is 1. The predicted molar refractivity (Wildman–Crippen MR) is 63.5 cm³/mol. The van der Waals surface area contributed by atoms with Crippen molar-refractivity contribution in [2.24, 2.45) is 0 Å². The standard InChI is InChI=1S/C11H14N2O3S/c1-8-6-9(2-4-12-8)11(14)13-10-3-5-17(15,16)7-10/h2,4,6,10H,3,5,7H2,1H3,(H,13,14). The van der Waals surface area contributed by atoms with E-state index < -0.39 is 9.84 Å². The van der Waals surface area contributed by atoms with Crippen molar-refractivity contribution >= 4 is 15.7 Å². The van der Waals surface area contributed by atoms with Gasteiger partial charge in [-0.05, 0) is 25.5 Å². The molecule has 1 atom stereocenters. The number of amides is 1. The smallest absolute Gasteiger partial charge is 0.251 e. The van der Waals surface area contributed by atoms with Crippen molar-refractivity contribution < 1.29 is 13.2 Å². The molecule has 1 aliphatic heterocycles. The SMILES string of the molecule is Cc1cc(C(=O)NC2CCS(=O)(=O)C2)ccn1. The Hall–Kier alpha value is -1.43. The summed E-state index contributed by atoms with van der Waals surface area (Å²) in [5.74, 6) is -0.0338. The Morgan fingerprint density at radius 2 is 2.29 bits per heavy atom. The summed E-state index contributed by atoms with van der Waals surface area (Å²) in [4.78, 5) is 15.8. The molecule has 17 heavy (non-hydrogen) atoms. The fourth-order valence-electron chi connectivity index (χ4n) is 1.86. The Morgan fingerprint density at radius 3 is 2.88 bits per heavy atom. The number of nitrogens with one attached hydrogen (secondary N) is 1. The molecule has 0 aromatic carbocycles. The number of sulfone groups is 1. The zero-order valence-corrected chi connectivity index (χ0v) is 10.3. The van der Waals surface area contributed by atoms with Crippen molar-refractivity contribution in [3.05, 3.63) is 29.6 Å². The predicted octanol–water partition coefficient (Wildman–Crippen LogP) is 0.307. The first-order valence-corrected chi connectivity index (χ1v) is 7.22. The maximum absolute atomic E-state index is 11.8. The van der Waals surface area contributed by atoms with E-state index in [1.54, 1.807) is 25.3 Å². The number of aryl methyl sites for hydroxylation is 1. The lowest BCUT2D eigenvalue weighted by Gasteiger charge is -2.10. The van der Waals surface area contributed by atoms with Crippen LogP contribution in [-0.4, -0.2) is 36.9 Å². The molecule has 1 amide bonds. The molecule has 2 rings (SSSR count). The summed E-state index contributed by atoms with van der Waals surface area (Å²) in [6.07, 6.45) is 2.06. The van der Waals surface area contributed by atoms with E-state index in [0.29, 0.717) is 12.0 Å². The number of pyridine rings is 1. The second-order valence-electron chi connectivity index (χ2n) is 4.26. The monoisotopic (exact) mass is 254 g/mol. The van der Waals surface area contributed by atoms with Crippen LogP contribution in [0.1, 0.15) is 22.5 Å². The maximum Gasteiger partial charge on any atom is 0.251 e. The molecular weight excluding hydrogens is 240 g/mol. The van der Waals surface area contributed by atoms with Crippen molar-refractivity contribution in [2.75, 3.05) is 11.5 Å². The molecule has 1 aliphatic rings. The van der Waals surface area contributed by atoms with Crippen LogP contribution in [0.15, 0.2) is 18.3 Å². The highest BCUT2D eigenvalue weighted by molar-refractivity contribution is 7.91. The summed E-state index contributed by atoms with van der Waals surface area (Å²) in [5, 5.41) is 2.73. The van der Waals surface area contributed by atoms with Crippen LogP contribution in [0.2, 0.25) is 0 Å². The molecule has 0 aliphatic carbocycles. The number of carbonyl (C=O) groups is 1. The molecule has 1 fully saturated rings. The average Bonchev–Trinajstić information content (AvgIpc) is 2.58. The number of rotatable bonds is 2. The van der Waals surface area contributed by atoms with Gasteiger partial charge in [0.1, 0.15) is 0 Å². The molecule has 5 nitrogen and oxygen atoms in total. The summed E-state index contributed by atoms with van der Waals surface area (Å²) < 4.78 is 22.5. The summed E-state index contributed by atoms with van der Waals surface area (Å²) in [6, 6.07) is 3.03. The van der Waals surface area contributed by atoms with Crippen LogP contribution in [0.3, 0.4) is 0 Å². The first-order valence-electron chi connectivity index (χ1n) is 5.40. The minimum atomic E-state index is -2.96. The van der Waals surface area contributed by atoms with Crippen LogP contribution < -0.4 is 5.32 Å². The van der Waals surface area contributed by atoms with E-state index in [4.69, 9.17) is 0 Å². The maximum atomic E-state index is 11.8. The number of hydrogen-bond acceptors (Lipinski definition) is 4. The fraction of sp³-hybridized carbons (Fsp3) is 0.455. The van der Waals surface area contributed by atoms with Gasteiger partial charge in [0.25, 0.3) is 5.91 Å². The van der Waals surface area contributed by atoms with E-state index >= 15 is 0 Å². The van der Waals surface area contributed by atoms with Crippen LogP contribution in [0.5, 0.6) is 0 Å². The zero-order valence-electron chi connectivity index (χ0n) is 9.51. The molecule has 1 N–H and O–H groups in total. The van der Waals surface area contributed by atoms with Gasteiger partial charge in [0.15, 0.2) is 9.84 Å². The third kappa shape index (κ3) is 3.03. The van der Waals surface area contributed by atoms with Crippen molar-refractivity contribution in [3.63, 3.8) is 0 Å². The third-order valence-electron chi connectivity index (χ3n) is 2.73. The van der Waals surface area contributed by atoms with Gasteiger partial charge in [0.2, 0.25) is 0 Å². The molecule has 1 aromatic rings. The van der Waals surface area contributed by atoms with Crippen molar-refractivity contribution in [3.8, 4) is 0 Å². The highest BCUT2D eigenvalue weighted by atomic mass is 32.2. The molecule has 0 bridgehead atoms. The molecule has 1 unspecified atom stereocenters. The summed E-state index contributed by atoms with van der Waals surface area (Å²) in [6.45, 7) is 1.80. The topological polar surface area (TPSA) is 76.1 Å². The van der Waals surface area contributed by atoms with Crippen LogP contribution in [0.4, 0.5) is 0 Å². The number of nitrogens with zero attached hydrogens (tertiary/aromatic N) is 1. The molecule has 0 saturated carbocycles. The van der Waals surface area contributed by atoms with Gasteiger partial charge in [-0.25, -0.2) is 8.42 Å². The summed E-state index contributed by atoms with van der Waals surface area (Å²) in [5.41, 5.74) is 1.28. The molecule has 0 spiro atoms. The summed E-state index contributed by atoms with van der Waals surface area (Å²) >= 11 is 0. The van der Waals surface area contributed by atoms with Gasteiger partial charge < -0.3 is 5.32 Å². The molecule has 1 saturated heterocycles. The van der Waals surface area contributed by atoms with Crippen molar-refractivity contribution in [1.29, 1.82) is 0 Å². The molecular formula is C11H14N2O3S. The van der Waals surface area contributed by atoms with Gasteiger partial charge in [-0.3, -0.25) is 9.78 Å². The van der Waals surface area contributed by atoms with Gasteiger partial charge in [-0.15, -0.1) is 0 Å². The van der Waals surface area contributed by atoms with E-state index in [0.717, 1.165) is 5.69 Å². The quantitative estimate of drug-likeness (QED) is 0.824. The van der Waals surface area contributed by atoms with Crippen LogP contribution in [-0.2, 0) is 9.84 Å². The first-order chi connectivity index (χ1) is 7.96. The number of carbonyl (C=O) groups excluding carboxylic acids is 1. The van der Waals surface area contributed by atoms with Crippen LogP contribution in [0, 0.1) is 6.92 Å². The molecule has 1 aromatic heterocycles. The van der Waals surface area contributed by atoms with Gasteiger partial charge >= 0.3 is 0 Å². The minimum absolute atomic E-state index is 0.0445. The zero-order chi connectivity index (χ0) is 12.5. The lowest BCUT2D eigenvalue weighted by molar-refractivity contribution is 0.0941. The second-order valence-corrected chi connectivity index (χ2v) is 6.49. The van der Waals surface area contributed by atoms with Crippen molar-refractivity contribution in [2.45, 2.75) is 19.4 Å². The lowest BCUT2D eigenvalue weighted by atomic mass is 10.2. The van der Waals surface area contributed by atoms with Gasteiger partial charge in [-0.1, -0.05) is 0 Å². The van der Waals surface area contributed by atoms with Crippen molar-refractivity contribution in [1.82, 2.24) is 10.3 Å². The highest BCUT2D eigenvalue weighted by Crippen LogP contribution is 2.12. The van der Waals surface area contributed by atoms with E-state index in [2.05, 4.69) is 10.3 Å². The highest BCUT2D eigenvalue weighted by Gasteiger charge is 2.29. The Kier molecular flexibility index (Phi) is 3.15. The Morgan fingerprint density at radius 1 is 1.53 bits per heavy atom. The Balaban J connectivity index is 2.03. The lowest BCUT2D eigenvalue weighted by Crippen LogP contribution is -2.35. The van der Waals surface area contributed by atoms with Crippen LogP contribution in [0.25, 0.3) is 0 Å². The molecule has 0 radical (unpaired) electrons. The normalized spacial score (nSPS) is 22.3. The number of aromatic nitrogens is 1. The Labute approximate surface area is 100 Å². The summed E-state index contributed by atoms with van der Waals surface area (Å²) in [7, 11) is -2.96. The fourth-order valence-corrected chi connectivity index (χ4v) is 3.54. The van der Waals surface area contributed by atoms with E-state index in [9.17, 15) is 13.2 Å². The molecule has 2 heterocycles. The molecule has 92 valence electrons. The van der Waals surface area contributed by atoms with E-state index in [-0.39, 0.29) is 23.5 Å². The first kappa shape index (κ1) is 12.0. The van der Waals surface area contributed by atoms with Gasteiger partial charge in [0.05, 0.1) is 11.5 Å². The van der Waals surface area contributed by atoms with Gasteiger partial charge in [0, 0.05) is 23.5 Å². The van der Waals surface area contributed by atoms with Gasteiger partial charge in [-0.2, -0.15) is 0 Å². The Bertz CT molecular complexity index is 539. The third-order valence-corrected chi connectivity index (χ3v) is 4.49. The molecule has 6 heteroatoms. The largest absolute Gasteiger partial charge is 0.348 e.